The van der Waals surface area contributed by atoms with Crippen molar-refractivity contribution in [3.63, 3.8) is 0 Å². The van der Waals surface area contributed by atoms with Crippen molar-refractivity contribution in [1.29, 1.82) is 0 Å². The topological polar surface area (TPSA) is 65.1 Å². The Labute approximate surface area is 103 Å². The molecule has 0 aliphatic carbocycles. The summed E-state index contributed by atoms with van der Waals surface area (Å²) in [7, 11) is 0. The van der Waals surface area contributed by atoms with Crippen molar-refractivity contribution in [2.75, 3.05) is 0 Å². The SMILES string of the molecule is NC(=O)CCn1ccc(=O)c2ccc(Cl)cc21. The van der Waals surface area contributed by atoms with Gasteiger partial charge in [0.15, 0.2) is 5.43 Å². The van der Waals surface area contributed by atoms with Crippen LogP contribution >= 0.6 is 11.6 Å². The molecule has 0 bridgehead atoms. The van der Waals surface area contributed by atoms with Crippen LogP contribution in [0.5, 0.6) is 0 Å². The Morgan fingerprint density at radius 3 is 2.82 bits per heavy atom. The summed E-state index contributed by atoms with van der Waals surface area (Å²) in [5.74, 6) is -0.376. The molecule has 2 aromatic rings. The second-order valence-electron chi connectivity index (χ2n) is 3.75. The number of primary amides is 1. The van der Waals surface area contributed by atoms with E-state index in [2.05, 4.69) is 0 Å². The number of carbonyl (C=O) groups is 1. The van der Waals surface area contributed by atoms with Crippen molar-refractivity contribution < 1.29 is 4.79 Å². The van der Waals surface area contributed by atoms with E-state index in [1.807, 2.05) is 0 Å². The summed E-state index contributed by atoms with van der Waals surface area (Å²) in [5.41, 5.74) is 5.76. The standard InChI is InChI=1S/C12H11ClN2O2/c13-8-1-2-9-10(7-8)15(5-3-11(9)16)6-4-12(14)17/h1-3,5,7H,4,6H2,(H2,14,17). The van der Waals surface area contributed by atoms with Crippen LogP contribution in [0.4, 0.5) is 0 Å². The highest BCUT2D eigenvalue weighted by molar-refractivity contribution is 6.31. The molecule has 1 heterocycles. The minimum absolute atomic E-state index is 0.0630. The third kappa shape index (κ3) is 2.47. The summed E-state index contributed by atoms with van der Waals surface area (Å²) in [6, 6.07) is 6.53. The molecular weight excluding hydrogens is 240 g/mol. The van der Waals surface area contributed by atoms with E-state index in [1.165, 1.54) is 6.07 Å². The molecule has 2 N–H and O–H groups in total. The van der Waals surface area contributed by atoms with Gasteiger partial charge in [-0.25, -0.2) is 0 Å². The molecule has 4 nitrogen and oxygen atoms in total. The van der Waals surface area contributed by atoms with Gasteiger partial charge in [-0.3, -0.25) is 9.59 Å². The Hall–Kier alpha value is -1.81. The highest BCUT2D eigenvalue weighted by Gasteiger charge is 2.04. The van der Waals surface area contributed by atoms with Gasteiger partial charge in [0.25, 0.3) is 0 Å². The predicted molar refractivity (Wildman–Crippen MR) is 67.0 cm³/mol. The number of fused-ring (bicyclic) bond motifs is 1. The van der Waals surface area contributed by atoms with Gasteiger partial charge in [0.2, 0.25) is 5.91 Å². The maximum atomic E-state index is 11.6. The minimum atomic E-state index is -0.376. The lowest BCUT2D eigenvalue weighted by molar-refractivity contribution is -0.118. The first-order valence-electron chi connectivity index (χ1n) is 5.15. The van der Waals surface area contributed by atoms with Gasteiger partial charge in [-0.15, -0.1) is 0 Å². The van der Waals surface area contributed by atoms with Gasteiger partial charge in [0.05, 0.1) is 5.52 Å². The quantitative estimate of drug-likeness (QED) is 0.898. The van der Waals surface area contributed by atoms with Crippen molar-refractivity contribution in [2.24, 2.45) is 5.73 Å². The van der Waals surface area contributed by atoms with Gasteiger partial charge >= 0.3 is 0 Å². The van der Waals surface area contributed by atoms with E-state index in [-0.39, 0.29) is 17.8 Å². The molecule has 0 atom stereocenters. The largest absolute Gasteiger partial charge is 0.370 e. The predicted octanol–water partition coefficient (Wildman–Crippen LogP) is 1.53. The van der Waals surface area contributed by atoms with Crippen molar-refractivity contribution in [3.8, 4) is 0 Å². The second kappa shape index (κ2) is 4.59. The third-order valence-electron chi connectivity index (χ3n) is 2.54. The molecular formula is C12H11ClN2O2. The van der Waals surface area contributed by atoms with Crippen LogP contribution in [0.1, 0.15) is 6.42 Å². The molecule has 0 spiro atoms. The average Bonchev–Trinajstić information content (AvgIpc) is 2.28. The first kappa shape index (κ1) is 11.7. The summed E-state index contributed by atoms with van der Waals surface area (Å²) in [6.45, 7) is 0.437. The molecule has 0 radical (unpaired) electrons. The first-order valence-corrected chi connectivity index (χ1v) is 5.53. The van der Waals surface area contributed by atoms with Crippen molar-refractivity contribution in [3.05, 3.63) is 45.7 Å². The first-order chi connectivity index (χ1) is 8.08. The van der Waals surface area contributed by atoms with Crippen LogP contribution in [0.15, 0.2) is 35.3 Å². The number of halogens is 1. The summed E-state index contributed by atoms with van der Waals surface area (Å²) >= 11 is 5.90. The zero-order valence-corrected chi connectivity index (χ0v) is 9.78. The minimum Gasteiger partial charge on any atom is -0.370 e. The molecule has 1 aromatic heterocycles. The summed E-state index contributed by atoms with van der Waals surface area (Å²) in [5, 5.41) is 1.14. The van der Waals surface area contributed by atoms with Gasteiger partial charge in [-0.2, -0.15) is 0 Å². The number of aromatic nitrogens is 1. The van der Waals surface area contributed by atoms with Crippen molar-refractivity contribution >= 4 is 28.4 Å². The second-order valence-corrected chi connectivity index (χ2v) is 4.19. The summed E-state index contributed by atoms with van der Waals surface area (Å²) in [6.07, 6.45) is 1.87. The Morgan fingerprint density at radius 2 is 2.12 bits per heavy atom. The highest BCUT2D eigenvalue weighted by atomic mass is 35.5. The van der Waals surface area contributed by atoms with E-state index >= 15 is 0 Å². The van der Waals surface area contributed by atoms with Crippen molar-refractivity contribution in [1.82, 2.24) is 4.57 Å². The molecule has 0 aliphatic heterocycles. The molecule has 88 valence electrons. The van der Waals surface area contributed by atoms with Crippen LogP contribution < -0.4 is 11.2 Å². The number of nitrogens with zero attached hydrogens (tertiary/aromatic N) is 1. The van der Waals surface area contributed by atoms with Crippen LogP contribution in [0, 0.1) is 0 Å². The maximum Gasteiger partial charge on any atom is 0.219 e. The third-order valence-corrected chi connectivity index (χ3v) is 2.77. The van der Waals surface area contributed by atoms with Crippen LogP contribution in [0.3, 0.4) is 0 Å². The lowest BCUT2D eigenvalue weighted by Gasteiger charge is -2.09. The zero-order valence-electron chi connectivity index (χ0n) is 9.02. The average molecular weight is 251 g/mol. The molecule has 1 aromatic carbocycles. The monoisotopic (exact) mass is 250 g/mol. The molecule has 0 saturated heterocycles. The fraction of sp³-hybridized carbons (Fsp3) is 0.167. The van der Waals surface area contributed by atoms with E-state index in [0.717, 1.165) is 0 Å². The van der Waals surface area contributed by atoms with Gasteiger partial charge < -0.3 is 10.3 Å². The smallest absolute Gasteiger partial charge is 0.219 e. The highest BCUT2D eigenvalue weighted by Crippen LogP contribution is 2.16. The Balaban J connectivity index is 2.56. The van der Waals surface area contributed by atoms with Crippen LogP contribution in [0.25, 0.3) is 10.9 Å². The number of hydrogen-bond donors (Lipinski definition) is 1. The number of benzene rings is 1. The Kier molecular flexibility index (Phi) is 3.15. The number of pyridine rings is 1. The Morgan fingerprint density at radius 1 is 1.35 bits per heavy atom. The number of nitrogens with two attached hydrogens (primary N) is 1. The number of aryl methyl sites for hydroxylation is 1. The molecule has 1 amide bonds. The van der Waals surface area contributed by atoms with Gasteiger partial charge in [0, 0.05) is 35.6 Å². The molecule has 0 fully saturated rings. The number of carbonyl (C=O) groups excluding carboxylic acids is 1. The molecule has 2 rings (SSSR count). The Bertz CT molecular complexity index is 634. The van der Waals surface area contributed by atoms with Crippen molar-refractivity contribution in [2.45, 2.75) is 13.0 Å². The van der Waals surface area contributed by atoms with E-state index < -0.39 is 0 Å². The lowest BCUT2D eigenvalue weighted by atomic mass is 10.2. The fourth-order valence-corrected chi connectivity index (χ4v) is 1.87. The molecule has 0 unspecified atom stereocenters. The van der Waals surface area contributed by atoms with E-state index in [4.69, 9.17) is 17.3 Å². The van der Waals surface area contributed by atoms with E-state index in [9.17, 15) is 9.59 Å². The van der Waals surface area contributed by atoms with E-state index in [0.29, 0.717) is 22.5 Å². The summed E-state index contributed by atoms with van der Waals surface area (Å²) in [4.78, 5) is 22.4. The van der Waals surface area contributed by atoms with Gasteiger partial charge in [-0.1, -0.05) is 11.6 Å². The molecule has 0 saturated carbocycles. The summed E-state index contributed by atoms with van der Waals surface area (Å²) < 4.78 is 1.80. The number of amides is 1. The molecule has 5 heteroatoms. The van der Waals surface area contributed by atoms with Crippen LogP contribution in [0.2, 0.25) is 5.02 Å². The van der Waals surface area contributed by atoms with Gasteiger partial charge in [-0.05, 0) is 18.2 Å². The maximum absolute atomic E-state index is 11.6. The normalized spacial score (nSPS) is 10.6. The number of rotatable bonds is 3. The number of hydrogen-bond acceptors (Lipinski definition) is 2. The van der Waals surface area contributed by atoms with Crippen LogP contribution in [-0.4, -0.2) is 10.5 Å². The van der Waals surface area contributed by atoms with Gasteiger partial charge in [0.1, 0.15) is 0 Å². The fourth-order valence-electron chi connectivity index (χ4n) is 1.70. The van der Waals surface area contributed by atoms with Crippen LogP contribution in [-0.2, 0) is 11.3 Å². The zero-order chi connectivity index (χ0) is 12.4. The van der Waals surface area contributed by atoms with E-state index in [1.54, 1.807) is 29.0 Å². The molecule has 17 heavy (non-hydrogen) atoms. The lowest BCUT2D eigenvalue weighted by Crippen LogP contribution is -2.15. The molecule has 0 aliphatic rings.